The number of ether oxygens (including phenoxy) is 3. The van der Waals surface area contributed by atoms with Gasteiger partial charge >= 0.3 is 0 Å². The van der Waals surface area contributed by atoms with E-state index in [0.29, 0.717) is 19.4 Å². The molecule has 2 saturated heterocycles. The quantitative estimate of drug-likeness (QED) is 0.852. The van der Waals surface area contributed by atoms with Gasteiger partial charge in [-0.1, -0.05) is 0 Å². The lowest BCUT2D eigenvalue weighted by Gasteiger charge is -2.36. The van der Waals surface area contributed by atoms with Crippen molar-refractivity contribution in [3.8, 4) is 0 Å². The molecule has 2 aliphatic heterocycles. The smallest absolute Gasteiger partial charge is 0.204 e. The number of aryl methyl sites for hydroxylation is 1. The van der Waals surface area contributed by atoms with Gasteiger partial charge in [0.15, 0.2) is 11.4 Å². The molecule has 0 amide bonds. The van der Waals surface area contributed by atoms with E-state index in [4.69, 9.17) is 14.2 Å². The van der Waals surface area contributed by atoms with E-state index in [-0.39, 0.29) is 6.10 Å². The predicted molar refractivity (Wildman–Crippen MR) is 84.2 cm³/mol. The Balaban J connectivity index is 1.77. The predicted octanol–water partition coefficient (Wildman–Crippen LogP) is 1.47. The summed E-state index contributed by atoms with van der Waals surface area (Å²) in [7, 11) is 0. The number of aliphatic hydroxyl groups excluding tert-OH is 1. The zero-order valence-electron chi connectivity index (χ0n) is 14.0. The highest BCUT2D eigenvalue weighted by atomic mass is 16.8. The third-order valence-electron chi connectivity index (χ3n) is 5.65. The Bertz CT molecular complexity index is 834. The summed E-state index contributed by atoms with van der Waals surface area (Å²) in [5.74, 6) is -0.759. The van der Waals surface area contributed by atoms with Gasteiger partial charge in [0.25, 0.3) is 0 Å². The normalized spacial score (nSPS) is 40.2. The first-order chi connectivity index (χ1) is 11.4. The molecule has 0 radical (unpaired) electrons. The van der Waals surface area contributed by atoms with Crippen molar-refractivity contribution in [2.24, 2.45) is 0 Å². The summed E-state index contributed by atoms with van der Waals surface area (Å²) >= 11 is 0. The first-order valence-corrected chi connectivity index (χ1v) is 8.38. The molecule has 2 aromatic rings. The van der Waals surface area contributed by atoms with Gasteiger partial charge in [-0.25, -0.2) is 9.97 Å². The maximum absolute atomic E-state index is 10.4. The average molecular weight is 331 g/mol. The van der Waals surface area contributed by atoms with Crippen LogP contribution < -0.4 is 0 Å². The zero-order valence-corrected chi connectivity index (χ0v) is 14.0. The molecule has 1 N–H and O–H groups in total. The van der Waals surface area contributed by atoms with Crippen LogP contribution in [0, 0.1) is 6.92 Å². The van der Waals surface area contributed by atoms with E-state index < -0.39 is 23.2 Å². The summed E-state index contributed by atoms with van der Waals surface area (Å²) in [6, 6.07) is 2.00. The average Bonchev–Trinajstić information content (AvgIpc) is 3.18. The third kappa shape index (κ3) is 1.56. The largest absolute Gasteiger partial charge is 0.390 e. The Kier molecular flexibility index (Phi) is 2.68. The van der Waals surface area contributed by atoms with E-state index in [9.17, 15) is 5.11 Å². The second-order valence-corrected chi connectivity index (χ2v) is 7.50. The van der Waals surface area contributed by atoms with Gasteiger partial charge in [-0.2, -0.15) is 0 Å². The Hall–Kier alpha value is -1.54. The lowest BCUT2D eigenvalue weighted by molar-refractivity contribution is -0.212. The summed E-state index contributed by atoms with van der Waals surface area (Å²) < 4.78 is 20.8. The standard InChI is InChI=1S/C17H21N3O4/c1-10-11-5-7-20(14(11)19-9-18-10)17-8-22-13-12(21)4-6-16(13,17)23-15(2,3)24-17/h5,7,9,12-13,21H,4,6,8H2,1-3H3/t12-,13-,16-,17-/m1/s1. The third-order valence-corrected chi connectivity index (χ3v) is 5.65. The highest BCUT2D eigenvalue weighted by molar-refractivity contribution is 5.78. The summed E-state index contributed by atoms with van der Waals surface area (Å²) in [5, 5.41) is 11.4. The molecule has 7 nitrogen and oxygen atoms in total. The van der Waals surface area contributed by atoms with Crippen LogP contribution >= 0.6 is 0 Å². The van der Waals surface area contributed by atoms with Crippen molar-refractivity contribution in [1.29, 1.82) is 0 Å². The van der Waals surface area contributed by atoms with Crippen LogP contribution in [-0.4, -0.2) is 49.8 Å². The fraction of sp³-hybridized carbons (Fsp3) is 0.647. The molecule has 3 aliphatic rings. The first-order valence-electron chi connectivity index (χ1n) is 8.38. The number of rotatable bonds is 1. The molecule has 1 aliphatic carbocycles. The van der Waals surface area contributed by atoms with Crippen LogP contribution in [-0.2, 0) is 19.9 Å². The van der Waals surface area contributed by atoms with Gasteiger partial charge in [0.2, 0.25) is 5.72 Å². The van der Waals surface area contributed by atoms with Crippen LogP contribution in [0.15, 0.2) is 18.6 Å². The molecular weight excluding hydrogens is 310 g/mol. The number of aromatic nitrogens is 3. The zero-order chi connectivity index (χ0) is 16.7. The monoisotopic (exact) mass is 331 g/mol. The number of nitrogens with zero attached hydrogens (tertiary/aromatic N) is 3. The van der Waals surface area contributed by atoms with Crippen LogP contribution in [0.2, 0.25) is 0 Å². The Morgan fingerprint density at radius 2 is 2.12 bits per heavy atom. The van der Waals surface area contributed by atoms with Crippen molar-refractivity contribution in [2.75, 3.05) is 6.61 Å². The molecule has 1 saturated carbocycles. The molecule has 1 spiro atoms. The highest BCUT2D eigenvalue weighted by Crippen LogP contribution is 2.60. The molecule has 0 unspecified atom stereocenters. The molecule has 7 heteroatoms. The van der Waals surface area contributed by atoms with Crippen molar-refractivity contribution < 1.29 is 19.3 Å². The number of aliphatic hydroxyl groups is 1. The molecule has 128 valence electrons. The Morgan fingerprint density at radius 1 is 1.29 bits per heavy atom. The molecule has 4 heterocycles. The second-order valence-electron chi connectivity index (χ2n) is 7.50. The van der Waals surface area contributed by atoms with Crippen molar-refractivity contribution >= 4 is 11.0 Å². The maximum Gasteiger partial charge on any atom is 0.204 e. The fourth-order valence-electron chi connectivity index (χ4n) is 4.82. The molecule has 4 atom stereocenters. The second kappa shape index (κ2) is 4.35. The van der Waals surface area contributed by atoms with E-state index in [0.717, 1.165) is 16.7 Å². The molecule has 5 rings (SSSR count). The van der Waals surface area contributed by atoms with Crippen LogP contribution in [0.3, 0.4) is 0 Å². The summed E-state index contributed by atoms with van der Waals surface area (Å²) in [5.41, 5.74) is 0.181. The first kappa shape index (κ1) is 14.8. The van der Waals surface area contributed by atoms with Crippen molar-refractivity contribution in [2.45, 2.75) is 62.9 Å². The van der Waals surface area contributed by atoms with Crippen LogP contribution in [0.1, 0.15) is 32.4 Å². The fourth-order valence-corrected chi connectivity index (χ4v) is 4.82. The Morgan fingerprint density at radius 3 is 2.96 bits per heavy atom. The number of fused-ring (bicyclic) bond motifs is 1. The minimum absolute atomic E-state index is 0.324. The lowest BCUT2D eigenvalue weighted by atomic mass is 9.89. The molecule has 24 heavy (non-hydrogen) atoms. The summed E-state index contributed by atoms with van der Waals surface area (Å²) in [6.45, 7) is 6.11. The minimum Gasteiger partial charge on any atom is -0.390 e. The van der Waals surface area contributed by atoms with Crippen LogP contribution in [0.25, 0.3) is 11.0 Å². The van der Waals surface area contributed by atoms with E-state index in [2.05, 4.69) is 9.97 Å². The van der Waals surface area contributed by atoms with E-state index in [1.807, 2.05) is 37.6 Å². The van der Waals surface area contributed by atoms with E-state index >= 15 is 0 Å². The highest BCUT2D eigenvalue weighted by Gasteiger charge is 2.75. The topological polar surface area (TPSA) is 78.6 Å². The molecule has 2 aromatic heterocycles. The summed E-state index contributed by atoms with van der Waals surface area (Å²) in [4.78, 5) is 8.75. The van der Waals surface area contributed by atoms with Gasteiger partial charge in [-0.3, -0.25) is 4.57 Å². The summed E-state index contributed by atoms with van der Waals surface area (Å²) in [6.07, 6.45) is 3.93. The van der Waals surface area contributed by atoms with Gasteiger partial charge in [-0.05, 0) is 39.7 Å². The molecule has 0 bridgehead atoms. The van der Waals surface area contributed by atoms with Crippen LogP contribution in [0.5, 0.6) is 0 Å². The number of hydrogen-bond donors (Lipinski definition) is 1. The van der Waals surface area contributed by atoms with Gasteiger partial charge in [0.1, 0.15) is 18.1 Å². The SMILES string of the molecule is Cc1ncnc2c1ccn2[C@@]12CO[C@@H]3[C@H](O)CC[C@@]31OC(C)(C)O2. The van der Waals surface area contributed by atoms with Gasteiger partial charge in [0, 0.05) is 11.6 Å². The maximum atomic E-state index is 10.4. The number of hydrogen-bond acceptors (Lipinski definition) is 6. The van der Waals surface area contributed by atoms with Gasteiger partial charge in [-0.15, -0.1) is 0 Å². The van der Waals surface area contributed by atoms with Crippen LogP contribution in [0.4, 0.5) is 0 Å². The molecule has 3 fully saturated rings. The van der Waals surface area contributed by atoms with E-state index in [1.54, 1.807) is 6.33 Å². The lowest BCUT2D eigenvalue weighted by Crippen LogP contribution is -2.54. The van der Waals surface area contributed by atoms with Crippen molar-refractivity contribution in [1.82, 2.24) is 14.5 Å². The van der Waals surface area contributed by atoms with Gasteiger partial charge in [0.05, 0.1) is 18.4 Å². The molecule has 0 aromatic carbocycles. The van der Waals surface area contributed by atoms with Crippen molar-refractivity contribution in [3.63, 3.8) is 0 Å². The Labute approximate surface area is 139 Å². The van der Waals surface area contributed by atoms with Gasteiger partial charge < -0.3 is 19.3 Å². The minimum atomic E-state index is -0.832. The van der Waals surface area contributed by atoms with Crippen molar-refractivity contribution in [3.05, 3.63) is 24.3 Å². The molecular formula is C17H21N3O4. The van der Waals surface area contributed by atoms with E-state index in [1.165, 1.54) is 0 Å².